The van der Waals surface area contributed by atoms with Crippen molar-refractivity contribution in [2.24, 2.45) is 5.73 Å². The van der Waals surface area contributed by atoms with Gasteiger partial charge in [0.05, 0.1) is 5.69 Å². The number of aromatic nitrogens is 1. The highest BCUT2D eigenvalue weighted by Crippen LogP contribution is 2.24. The Labute approximate surface area is 109 Å². The minimum atomic E-state index is -1.07. The SMILES string of the molecule is Cc1nsc(NC(=O)CCCCCN)c1C(=O)O. The standard InChI is InChI=1S/C11H17N3O3S/c1-7-9(11(16)17)10(18-14-7)13-8(15)5-3-2-4-6-12/h2-6,12H2,1H3,(H,13,15)(H,16,17). The van der Waals surface area contributed by atoms with Crippen molar-refractivity contribution in [2.75, 3.05) is 11.9 Å². The molecule has 1 amide bonds. The average molecular weight is 271 g/mol. The van der Waals surface area contributed by atoms with Crippen molar-refractivity contribution < 1.29 is 14.7 Å². The van der Waals surface area contributed by atoms with Gasteiger partial charge in [0, 0.05) is 6.42 Å². The summed E-state index contributed by atoms with van der Waals surface area (Å²) in [4.78, 5) is 22.6. The van der Waals surface area contributed by atoms with E-state index in [2.05, 4.69) is 9.69 Å². The van der Waals surface area contributed by atoms with E-state index in [0.717, 1.165) is 30.8 Å². The number of nitrogens with one attached hydrogen (secondary N) is 1. The van der Waals surface area contributed by atoms with Gasteiger partial charge in [-0.2, -0.15) is 4.37 Å². The Bertz CT molecular complexity index is 431. The molecule has 100 valence electrons. The molecule has 1 aromatic rings. The number of carbonyl (C=O) groups is 2. The van der Waals surface area contributed by atoms with Gasteiger partial charge in [-0.25, -0.2) is 4.79 Å². The van der Waals surface area contributed by atoms with Crippen LogP contribution < -0.4 is 11.1 Å². The molecule has 4 N–H and O–H groups in total. The van der Waals surface area contributed by atoms with Crippen LogP contribution in [-0.2, 0) is 4.79 Å². The molecule has 0 aliphatic heterocycles. The average Bonchev–Trinajstić information content (AvgIpc) is 2.66. The summed E-state index contributed by atoms with van der Waals surface area (Å²) in [5.74, 6) is -1.25. The molecule has 1 aromatic heterocycles. The van der Waals surface area contributed by atoms with Crippen LogP contribution in [0.3, 0.4) is 0 Å². The summed E-state index contributed by atoms with van der Waals surface area (Å²) in [7, 11) is 0. The van der Waals surface area contributed by atoms with Crippen molar-refractivity contribution in [3.8, 4) is 0 Å². The van der Waals surface area contributed by atoms with E-state index >= 15 is 0 Å². The van der Waals surface area contributed by atoms with Gasteiger partial charge in [0.1, 0.15) is 10.6 Å². The van der Waals surface area contributed by atoms with E-state index in [1.165, 1.54) is 0 Å². The fraction of sp³-hybridized carbons (Fsp3) is 0.545. The third-order valence-corrected chi connectivity index (χ3v) is 3.29. The number of rotatable bonds is 7. The molecule has 0 saturated heterocycles. The largest absolute Gasteiger partial charge is 0.478 e. The number of carbonyl (C=O) groups excluding carboxylic acids is 1. The number of nitrogens with zero attached hydrogens (tertiary/aromatic N) is 1. The van der Waals surface area contributed by atoms with Crippen LogP contribution >= 0.6 is 11.5 Å². The van der Waals surface area contributed by atoms with E-state index < -0.39 is 5.97 Å². The normalized spacial score (nSPS) is 10.3. The third kappa shape index (κ3) is 4.08. The molecule has 1 rings (SSSR count). The second-order valence-electron chi connectivity index (χ2n) is 3.92. The predicted octanol–water partition coefficient (Wildman–Crippen LogP) is 1.61. The first-order chi connectivity index (χ1) is 8.56. The number of carboxylic acids is 1. The van der Waals surface area contributed by atoms with Gasteiger partial charge < -0.3 is 16.2 Å². The van der Waals surface area contributed by atoms with Crippen LogP contribution in [0.2, 0.25) is 0 Å². The summed E-state index contributed by atoms with van der Waals surface area (Å²) >= 11 is 0.994. The van der Waals surface area contributed by atoms with Crippen molar-refractivity contribution in [1.82, 2.24) is 4.37 Å². The van der Waals surface area contributed by atoms with Crippen LogP contribution in [0.5, 0.6) is 0 Å². The number of aryl methyl sites for hydroxylation is 1. The molecule has 0 aliphatic rings. The maximum atomic E-state index is 11.6. The highest BCUT2D eigenvalue weighted by molar-refractivity contribution is 7.11. The fourth-order valence-corrected chi connectivity index (χ4v) is 2.31. The van der Waals surface area contributed by atoms with Gasteiger partial charge in [0.15, 0.2) is 0 Å². The van der Waals surface area contributed by atoms with E-state index in [0.29, 0.717) is 23.7 Å². The lowest BCUT2D eigenvalue weighted by Gasteiger charge is -2.03. The van der Waals surface area contributed by atoms with E-state index in [4.69, 9.17) is 10.8 Å². The number of hydrogen-bond donors (Lipinski definition) is 3. The zero-order valence-electron chi connectivity index (χ0n) is 10.2. The second-order valence-corrected chi connectivity index (χ2v) is 4.70. The molecule has 0 unspecified atom stereocenters. The monoisotopic (exact) mass is 271 g/mol. The quantitative estimate of drug-likeness (QED) is 0.653. The molecule has 0 saturated carbocycles. The Morgan fingerprint density at radius 3 is 2.72 bits per heavy atom. The summed E-state index contributed by atoms with van der Waals surface area (Å²) in [5.41, 5.74) is 5.85. The van der Waals surface area contributed by atoms with Crippen LogP contribution in [0.15, 0.2) is 0 Å². The van der Waals surface area contributed by atoms with Crippen molar-refractivity contribution in [1.29, 1.82) is 0 Å². The summed E-state index contributed by atoms with van der Waals surface area (Å²) in [6, 6.07) is 0. The Balaban J connectivity index is 2.52. The number of anilines is 1. The van der Waals surface area contributed by atoms with Crippen LogP contribution in [0.1, 0.15) is 41.7 Å². The van der Waals surface area contributed by atoms with E-state index in [9.17, 15) is 9.59 Å². The highest BCUT2D eigenvalue weighted by Gasteiger charge is 2.18. The Kier molecular flexibility index (Phi) is 5.73. The maximum absolute atomic E-state index is 11.6. The third-order valence-electron chi connectivity index (χ3n) is 2.44. The first kappa shape index (κ1) is 14.6. The molecule has 0 radical (unpaired) electrons. The molecule has 0 fully saturated rings. The number of amides is 1. The van der Waals surface area contributed by atoms with Gasteiger partial charge in [-0.15, -0.1) is 0 Å². The summed E-state index contributed by atoms with van der Waals surface area (Å²) in [5, 5.41) is 11.9. The van der Waals surface area contributed by atoms with Crippen molar-refractivity contribution in [2.45, 2.75) is 32.6 Å². The second kappa shape index (κ2) is 7.07. The lowest BCUT2D eigenvalue weighted by Crippen LogP contribution is -2.13. The molecular weight excluding hydrogens is 254 g/mol. The fourth-order valence-electron chi connectivity index (χ4n) is 1.50. The summed E-state index contributed by atoms with van der Waals surface area (Å²) in [6.45, 7) is 2.23. The van der Waals surface area contributed by atoms with Gasteiger partial charge in [0.25, 0.3) is 0 Å². The van der Waals surface area contributed by atoms with Crippen LogP contribution in [-0.4, -0.2) is 27.9 Å². The molecule has 0 aromatic carbocycles. The highest BCUT2D eigenvalue weighted by atomic mass is 32.1. The number of carboxylic acid groups (broad SMARTS) is 1. The van der Waals surface area contributed by atoms with Crippen LogP contribution in [0, 0.1) is 6.92 Å². The number of aromatic carboxylic acids is 1. The minimum Gasteiger partial charge on any atom is -0.478 e. The van der Waals surface area contributed by atoms with Crippen LogP contribution in [0.4, 0.5) is 5.00 Å². The van der Waals surface area contributed by atoms with E-state index in [1.54, 1.807) is 6.92 Å². The van der Waals surface area contributed by atoms with Gasteiger partial charge in [-0.1, -0.05) is 6.42 Å². The molecule has 18 heavy (non-hydrogen) atoms. The molecule has 0 aliphatic carbocycles. The number of nitrogens with two attached hydrogens (primary N) is 1. The summed E-state index contributed by atoms with van der Waals surface area (Å²) < 4.78 is 3.93. The molecule has 0 spiro atoms. The smallest absolute Gasteiger partial charge is 0.340 e. The lowest BCUT2D eigenvalue weighted by atomic mass is 10.2. The molecule has 1 heterocycles. The first-order valence-corrected chi connectivity index (χ1v) is 6.53. The topological polar surface area (TPSA) is 105 Å². The van der Waals surface area contributed by atoms with Gasteiger partial charge in [-0.3, -0.25) is 4.79 Å². The lowest BCUT2D eigenvalue weighted by molar-refractivity contribution is -0.116. The summed E-state index contributed by atoms with van der Waals surface area (Å²) in [6.07, 6.45) is 2.92. The molecule has 0 atom stereocenters. The molecular formula is C11H17N3O3S. The predicted molar refractivity (Wildman–Crippen MR) is 70.0 cm³/mol. The molecule has 7 heteroatoms. The zero-order chi connectivity index (χ0) is 13.5. The van der Waals surface area contributed by atoms with Gasteiger partial charge in [-0.05, 0) is 37.8 Å². The Hall–Kier alpha value is -1.47. The Morgan fingerprint density at radius 2 is 2.11 bits per heavy atom. The van der Waals surface area contributed by atoms with Gasteiger partial charge in [0.2, 0.25) is 5.91 Å². The Morgan fingerprint density at radius 1 is 1.39 bits per heavy atom. The molecule has 6 nitrogen and oxygen atoms in total. The van der Waals surface area contributed by atoms with Crippen LogP contribution in [0.25, 0.3) is 0 Å². The first-order valence-electron chi connectivity index (χ1n) is 5.75. The van der Waals surface area contributed by atoms with Gasteiger partial charge >= 0.3 is 5.97 Å². The number of unbranched alkanes of at least 4 members (excludes halogenated alkanes) is 2. The minimum absolute atomic E-state index is 0.0790. The van der Waals surface area contributed by atoms with E-state index in [-0.39, 0.29) is 11.5 Å². The van der Waals surface area contributed by atoms with Crippen molar-refractivity contribution in [3.63, 3.8) is 0 Å². The van der Waals surface area contributed by atoms with E-state index in [1.807, 2.05) is 0 Å². The maximum Gasteiger partial charge on any atom is 0.340 e. The zero-order valence-corrected chi connectivity index (χ0v) is 11.0. The van der Waals surface area contributed by atoms with Crippen molar-refractivity contribution >= 4 is 28.4 Å². The number of hydrogen-bond acceptors (Lipinski definition) is 5. The van der Waals surface area contributed by atoms with Crippen molar-refractivity contribution in [3.05, 3.63) is 11.3 Å². The molecule has 0 bridgehead atoms.